The first-order chi connectivity index (χ1) is 9.02. The Morgan fingerprint density at radius 2 is 2.05 bits per heavy atom. The maximum atomic E-state index is 9.76. The molecule has 1 aromatic carbocycles. The molecule has 0 saturated carbocycles. The largest absolute Gasteiger partial charge is 0.493 e. The van der Waals surface area contributed by atoms with E-state index in [1.165, 1.54) is 0 Å². The number of aliphatic hydroxyl groups is 2. The van der Waals surface area contributed by atoms with Crippen molar-refractivity contribution in [3.63, 3.8) is 0 Å². The Labute approximate surface area is 114 Å². The highest BCUT2D eigenvalue weighted by molar-refractivity contribution is 5.42. The van der Waals surface area contributed by atoms with Gasteiger partial charge in [0.15, 0.2) is 11.5 Å². The van der Waals surface area contributed by atoms with E-state index in [0.717, 1.165) is 5.56 Å². The van der Waals surface area contributed by atoms with E-state index >= 15 is 0 Å². The second kappa shape index (κ2) is 7.33. The van der Waals surface area contributed by atoms with E-state index in [1.54, 1.807) is 32.2 Å². The molecule has 0 fully saturated rings. The molecule has 0 aliphatic rings. The zero-order valence-corrected chi connectivity index (χ0v) is 11.6. The fraction of sp³-hybridized carbons (Fsp3) is 0.571. The lowest BCUT2D eigenvalue weighted by molar-refractivity contribution is 0.0535. The second-order valence-corrected chi connectivity index (χ2v) is 4.80. The second-order valence-electron chi connectivity index (χ2n) is 4.80. The van der Waals surface area contributed by atoms with Gasteiger partial charge in [-0.25, -0.2) is 0 Å². The summed E-state index contributed by atoms with van der Waals surface area (Å²) in [6, 6.07) is 5.30. The van der Waals surface area contributed by atoms with Gasteiger partial charge < -0.3 is 25.4 Å². The van der Waals surface area contributed by atoms with Crippen LogP contribution in [0.15, 0.2) is 18.2 Å². The third-order valence-corrected chi connectivity index (χ3v) is 2.97. The average molecular weight is 269 g/mol. The minimum Gasteiger partial charge on any atom is -0.493 e. The predicted octanol–water partition coefficient (Wildman–Crippen LogP) is 1.06. The molecule has 0 heterocycles. The first kappa shape index (κ1) is 15.8. The van der Waals surface area contributed by atoms with Crippen molar-refractivity contribution in [1.29, 1.82) is 0 Å². The van der Waals surface area contributed by atoms with Crippen LogP contribution >= 0.6 is 0 Å². The lowest BCUT2D eigenvalue weighted by Crippen LogP contribution is -2.34. The summed E-state index contributed by atoms with van der Waals surface area (Å²) >= 11 is 0. The minimum atomic E-state index is -0.839. The van der Waals surface area contributed by atoms with Gasteiger partial charge in [-0.3, -0.25) is 0 Å². The number of aliphatic hydroxyl groups excluding tert-OH is 1. The van der Waals surface area contributed by atoms with E-state index in [4.69, 9.17) is 20.3 Å². The van der Waals surface area contributed by atoms with Crippen LogP contribution in [-0.2, 0) is 6.61 Å². The Balaban J connectivity index is 2.49. The number of nitrogens with two attached hydrogens (primary N) is 1. The van der Waals surface area contributed by atoms with Crippen molar-refractivity contribution in [2.75, 3.05) is 20.3 Å². The first-order valence-electron chi connectivity index (χ1n) is 6.35. The molecule has 5 heteroatoms. The molecule has 108 valence electrons. The van der Waals surface area contributed by atoms with E-state index in [-0.39, 0.29) is 13.2 Å². The Hall–Kier alpha value is -1.30. The van der Waals surface area contributed by atoms with Gasteiger partial charge >= 0.3 is 0 Å². The van der Waals surface area contributed by atoms with Crippen LogP contribution in [0, 0.1) is 0 Å². The Kier molecular flexibility index (Phi) is 6.08. The van der Waals surface area contributed by atoms with Crippen molar-refractivity contribution in [1.82, 2.24) is 0 Å². The molecule has 1 atom stereocenters. The molecule has 19 heavy (non-hydrogen) atoms. The summed E-state index contributed by atoms with van der Waals surface area (Å²) in [5, 5.41) is 18.8. The van der Waals surface area contributed by atoms with Crippen molar-refractivity contribution >= 4 is 0 Å². The Morgan fingerprint density at radius 1 is 1.32 bits per heavy atom. The van der Waals surface area contributed by atoms with Gasteiger partial charge in [-0.1, -0.05) is 6.07 Å². The molecule has 0 spiro atoms. The minimum absolute atomic E-state index is 0.0317. The summed E-state index contributed by atoms with van der Waals surface area (Å²) in [5.41, 5.74) is 5.38. The maximum absolute atomic E-state index is 9.76. The summed E-state index contributed by atoms with van der Waals surface area (Å²) in [4.78, 5) is 0. The molecule has 0 aliphatic heterocycles. The summed E-state index contributed by atoms with van der Waals surface area (Å²) < 4.78 is 10.8. The summed E-state index contributed by atoms with van der Waals surface area (Å²) in [6.07, 6.45) is 1.29. The first-order valence-corrected chi connectivity index (χ1v) is 6.35. The summed E-state index contributed by atoms with van der Waals surface area (Å²) in [7, 11) is 1.56. The smallest absolute Gasteiger partial charge is 0.161 e. The number of rotatable bonds is 8. The molecule has 4 N–H and O–H groups in total. The summed E-state index contributed by atoms with van der Waals surface area (Å²) in [6.45, 7) is 2.39. The molecule has 0 aromatic heterocycles. The van der Waals surface area contributed by atoms with E-state index in [1.807, 2.05) is 0 Å². The van der Waals surface area contributed by atoms with Gasteiger partial charge in [-0.15, -0.1) is 0 Å². The van der Waals surface area contributed by atoms with Crippen molar-refractivity contribution < 1.29 is 19.7 Å². The molecule has 1 rings (SSSR count). The number of ether oxygens (including phenoxy) is 2. The number of hydrogen-bond acceptors (Lipinski definition) is 5. The van der Waals surface area contributed by atoms with Gasteiger partial charge in [0.25, 0.3) is 0 Å². The van der Waals surface area contributed by atoms with Crippen LogP contribution < -0.4 is 15.2 Å². The molecule has 1 aromatic rings. The molecule has 5 nitrogen and oxygen atoms in total. The van der Waals surface area contributed by atoms with Gasteiger partial charge in [0.05, 0.1) is 25.9 Å². The van der Waals surface area contributed by atoms with Crippen LogP contribution in [0.2, 0.25) is 0 Å². The molecule has 0 bridgehead atoms. The highest BCUT2D eigenvalue weighted by atomic mass is 16.5. The average Bonchev–Trinajstić information content (AvgIpc) is 2.43. The van der Waals surface area contributed by atoms with Crippen molar-refractivity contribution in [3.8, 4) is 11.5 Å². The SMILES string of the molecule is COc1cc(CO)ccc1OCCCC(C)(O)CN. The summed E-state index contributed by atoms with van der Waals surface area (Å²) in [5.74, 6) is 1.23. The van der Waals surface area contributed by atoms with Crippen molar-refractivity contribution in [2.45, 2.75) is 32.0 Å². The van der Waals surface area contributed by atoms with Crippen LogP contribution in [0.5, 0.6) is 11.5 Å². The van der Waals surface area contributed by atoms with Crippen LogP contribution in [0.1, 0.15) is 25.3 Å². The topological polar surface area (TPSA) is 84.9 Å². The third-order valence-electron chi connectivity index (χ3n) is 2.97. The van der Waals surface area contributed by atoms with Crippen LogP contribution in [-0.4, -0.2) is 36.1 Å². The fourth-order valence-corrected chi connectivity index (χ4v) is 1.67. The monoisotopic (exact) mass is 269 g/mol. The quantitative estimate of drug-likeness (QED) is 0.614. The molecule has 0 saturated heterocycles. The van der Waals surface area contributed by atoms with Gasteiger partial charge in [-0.05, 0) is 37.5 Å². The van der Waals surface area contributed by atoms with E-state index in [9.17, 15) is 5.11 Å². The van der Waals surface area contributed by atoms with Gasteiger partial charge in [0.2, 0.25) is 0 Å². The van der Waals surface area contributed by atoms with Crippen molar-refractivity contribution in [2.24, 2.45) is 5.73 Å². The van der Waals surface area contributed by atoms with Gasteiger partial charge in [-0.2, -0.15) is 0 Å². The number of hydrogen-bond donors (Lipinski definition) is 3. The zero-order valence-electron chi connectivity index (χ0n) is 11.6. The molecule has 1 unspecified atom stereocenters. The molecule has 0 amide bonds. The Bertz CT molecular complexity index is 393. The maximum Gasteiger partial charge on any atom is 0.161 e. The van der Waals surface area contributed by atoms with Crippen molar-refractivity contribution in [3.05, 3.63) is 23.8 Å². The van der Waals surface area contributed by atoms with Gasteiger partial charge in [0, 0.05) is 6.54 Å². The zero-order chi connectivity index (χ0) is 14.3. The van der Waals surface area contributed by atoms with E-state index in [2.05, 4.69) is 0 Å². The predicted molar refractivity (Wildman–Crippen MR) is 73.3 cm³/mol. The Morgan fingerprint density at radius 3 is 2.63 bits per heavy atom. The molecule has 0 aliphatic carbocycles. The van der Waals surface area contributed by atoms with Crippen LogP contribution in [0.3, 0.4) is 0 Å². The fourth-order valence-electron chi connectivity index (χ4n) is 1.67. The van der Waals surface area contributed by atoms with E-state index < -0.39 is 5.60 Å². The molecule has 0 radical (unpaired) electrons. The van der Waals surface area contributed by atoms with Crippen LogP contribution in [0.25, 0.3) is 0 Å². The van der Waals surface area contributed by atoms with E-state index in [0.29, 0.717) is 30.9 Å². The lowest BCUT2D eigenvalue weighted by Gasteiger charge is -2.20. The van der Waals surface area contributed by atoms with Gasteiger partial charge in [0.1, 0.15) is 0 Å². The number of benzene rings is 1. The highest BCUT2D eigenvalue weighted by Gasteiger charge is 2.17. The molecular weight excluding hydrogens is 246 g/mol. The normalized spacial score (nSPS) is 13.9. The third kappa shape index (κ3) is 5.06. The van der Waals surface area contributed by atoms with Crippen LogP contribution in [0.4, 0.5) is 0 Å². The molecular formula is C14H23NO4. The lowest BCUT2D eigenvalue weighted by atomic mass is 10.0. The highest BCUT2D eigenvalue weighted by Crippen LogP contribution is 2.28. The number of methoxy groups -OCH3 is 1. The standard InChI is InChI=1S/C14H23NO4/c1-14(17,10-15)6-3-7-19-12-5-4-11(9-16)8-13(12)18-2/h4-5,8,16-17H,3,6-7,9-10,15H2,1-2H3.